The number of nitrogens with zero attached hydrogens (tertiary/aromatic N) is 2. The Bertz CT molecular complexity index is 2100. The van der Waals surface area contributed by atoms with Gasteiger partial charge in [-0.25, -0.2) is 16.8 Å². The molecule has 8 nitrogen and oxygen atoms in total. The van der Waals surface area contributed by atoms with Crippen molar-refractivity contribution in [2.24, 2.45) is 0 Å². The van der Waals surface area contributed by atoms with E-state index < -0.39 is 19.7 Å². The van der Waals surface area contributed by atoms with E-state index in [9.17, 15) is 16.8 Å². The fourth-order valence-corrected chi connectivity index (χ4v) is 11.2. The number of anilines is 2. The topological polar surface area (TPSA) is 98.8 Å². The molecule has 2 N–H and O–H groups in total. The number of rotatable bonds is 4. The lowest BCUT2D eigenvalue weighted by molar-refractivity contribution is 0.531. The van der Waals surface area contributed by atoms with Crippen molar-refractivity contribution in [1.29, 1.82) is 0 Å². The van der Waals surface area contributed by atoms with Crippen molar-refractivity contribution in [1.82, 2.24) is 10.6 Å². The highest BCUT2D eigenvalue weighted by Gasteiger charge is 2.39. The van der Waals surface area contributed by atoms with Crippen LogP contribution in [-0.2, 0) is 19.7 Å². The summed E-state index contributed by atoms with van der Waals surface area (Å²) in [6.07, 6.45) is 4.29. The van der Waals surface area contributed by atoms with Gasteiger partial charge in [-0.3, -0.25) is 0 Å². The van der Waals surface area contributed by atoms with Crippen LogP contribution in [0.2, 0.25) is 0 Å². The standard InChI is InChI=1S/2C20H24N2O2S/c1-14-3-5-15(6-4-14)25(23,24)16-7-8-19-18(13-16)17-9-11-21-12-10-20(17)22(19)2;1-14-4-3-5-15(12-14)25(23,24)16-6-7-19-18(13-16)17-8-10-21-11-9-20(17)22(19)2/h3-8,13,17,20-21H,9-12H2,1-2H3;3-7,12-13,17,20-21H,8-11H2,1-2H3/t2*17-,20-/m11/s1. The molecule has 4 aliphatic heterocycles. The summed E-state index contributed by atoms with van der Waals surface area (Å²) in [5.41, 5.74) is 6.74. The number of nitrogens with one attached hydrogen (secondary N) is 2. The quantitative estimate of drug-likeness (QED) is 0.257. The van der Waals surface area contributed by atoms with Gasteiger partial charge in [0.1, 0.15) is 0 Å². The minimum Gasteiger partial charge on any atom is -0.371 e. The molecule has 4 aliphatic rings. The van der Waals surface area contributed by atoms with E-state index in [4.69, 9.17) is 0 Å². The van der Waals surface area contributed by atoms with Gasteiger partial charge >= 0.3 is 0 Å². The zero-order valence-electron chi connectivity index (χ0n) is 29.4. The summed E-state index contributed by atoms with van der Waals surface area (Å²) in [5, 5.41) is 6.92. The van der Waals surface area contributed by atoms with E-state index in [0.717, 1.165) is 63.0 Å². The molecule has 2 saturated heterocycles. The van der Waals surface area contributed by atoms with Gasteiger partial charge in [0.2, 0.25) is 19.7 Å². The van der Waals surface area contributed by atoms with Crippen LogP contribution in [0.3, 0.4) is 0 Å². The van der Waals surface area contributed by atoms with Crippen molar-refractivity contribution in [3.05, 3.63) is 107 Å². The smallest absolute Gasteiger partial charge is 0.206 e. The zero-order valence-corrected chi connectivity index (χ0v) is 31.0. The summed E-state index contributed by atoms with van der Waals surface area (Å²) in [4.78, 5) is 6.21. The summed E-state index contributed by atoms with van der Waals surface area (Å²) in [6.45, 7) is 7.90. The van der Waals surface area contributed by atoms with Crippen molar-refractivity contribution >= 4 is 31.0 Å². The Balaban J connectivity index is 0.000000157. The van der Waals surface area contributed by atoms with Gasteiger partial charge in [0, 0.05) is 49.4 Å². The van der Waals surface area contributed by atoms with E-state index in [-0.39, 0.29) is 0 Å². The molecule has 0 saturated carbocycles. The second-order valence-electron chi connectivity index (χ2n) is 14.3. The number of hydrogen-bond acceptors (Lipinski definition) is 8. The van der Waals surface area contributed by atoms with Gasteiger partial charge in [0.05, 0.1) is 19.6 Å². The zero-order chi connectivity index (χ0) is 35.2. The van der Waals surface area contributed by atoms with Crippen LogP contribution in [0.15, 0.2) is 105 Å². The molecular weight excluding hydrogens is 665 g/mol. The van der Waals surface area contributed by atoms with Crippen LogP contribution in [0.5, 0.6) is 0 Å². The van der Waals surface area contributed by atoms with Crippen molar-refractivity contribution in [3.8, 4) is 0 Å². The van der Waals surface area contributed by atoms with Crippen LogP contribution in [-0.4, -0.2) is 69.2 Å². The fraction of sp³-hybridized carbons (Fsp3) is 0.400. The number of benzene rings is 4. The molecule has 8 rings (SSSR count). The Kier molecular flexibility index (Phi) is 9.58. The molecule has 0 unspecified atom stereocenters. The third-order valence-corrected chi connectivity index (χ3v) is 14.7. The molecule has 4 aromatic rings. The predicted octanol–water partition coefficient (Wildman–Crippen LogP) is 6.23. The third kappa shape index (κ3) is 6.36. The first-order valence-electron chi connectivity index (χ1n) is 17.8. The van der Waals surface area contributed by atoms with Crippen LogP contribution in [0.1, 0.15) is 59.8 Å². The predicted molar refractivity (Wildman–Crippen MR) is 200 cm³/mol. The molecule has 264 valence electrons. The Morgan fingerprint density at radius 1 is 0.520 bits per heavy atom. The molecule has 10 heteroatoms. The van der Waals surface area contributed by atoms with Crippen molar-refractivity contribution in [3.63, 3.8) is 0 Å². The Hall–Kier alpha value is -3.70. The molecule has 0 aliphatic carbocycles. The van der Waals surface area contributed by atoms with E-state index in [1.54, 1.807) is 42.5 Å². The average molecular weight is 713 g/mol. The highest BCUT2D eigenvalue weighted by molar-refractivity contribution is 7.91. The van der Waals surface area contributed by atoms with Crippen LogP contribution >= 0.6 is 0 Å². The molecule has 4 heterocycles. The molecule has 0 radical (unpaired) electrons. The highest BCUT2D eigenvalue weighted by atomic mass is 32.2. The largest absolute Gasteiger partial charge is 0.371 e. The summed E-state index contributed by atoms with van der Waals surface area (Å²) in [6, 6.07) is 26.5. The maximum absolute atomic E-state index is 13.1. The highest BCUT2D eigenvalue weighted by Crippen LogP contribution is 2.46. The Morgan fingerprint density at radius 3 is 1.46 bits per heavy atom. The molecule has 0 aromatic heterocycles. The summed E-state index contributed by atoms with van der Waals surface area (Å²) in [7, 11) is -2.70. The van der Waals surface area contributed by atoms with Gasteiger partial charge in [-0.05, 0) is 143 Å². The summed E-state index contributed by atoms with van der Waals surface area (Å²) < 4.78 is 52.2. The first kappa shape index (κ1) is 34.7. The van der Waals surface area contributed by atoms with Gasteiger partial charge in [-0.1, -0.05) is 29.8 Å². The molecule has 50 heavy (non-hydrogen) atoms. The molecular formula is C40H48N4O4S2. The van der Waals surface area contributed by atoms with Crippen molar-refractivity contribution < 1.29 is 16.8 Å². The van der Waals surface area contributed by atoms with Crippen molar-refractivity contribution in [2.75, 3.05) is 50.1 Å². The molecule has 0 amide bonds. The number of hydrogen-bond donors (Lipinski definition) is 2. The maximum Gasteiger partial charge on any atom is 0.206 e. The molecule has 0 bridgehead atoms. The Morgan fingerprint density at radius 2 is 0.960 bits per heavy atom. The summed E-state index contributed by atoms with van der Waals surface area (Å²) >= 11 is 0. The number of aryl methyl sites for hydroxylation is 2. The number of fused-ring (bicyclic) bond motifs is 6. The first-order chi connectivity index (χ1) is 24.0. The van der Waals surface area contributed by atoms with Gasteiger partial charge < -0.3 is 20.4 Å². The van der Waals surface area contributed by atoms with Crippen LogP contribution in [0.4, 0.5) is 11.4 Å². The number of likely N-dealkylation sites (N-methyl/N-ethyl adjacent to an activating group) is 2. The van der Waals surface area contributed by atoms with E-state index in [1.807, 2.05) is 56.3 Å². The SMILES string of the molecule is Cc1ccc(S(=O)(=O)c2ccc3c(c2)[C@H]2CCNCC[C@H]2N3C)cc1.Cc1cccc(S(=O)(=O)c2ccc3c(c2)[C@H]2CCNCC[C@H]2N3C)c1. The van der Waals surface area contributed by atoms with Crippen LogP contribution < -0.4 is 20.4 Å². The van der Waals surface area contributed by atoms with Crippen LogP contribution in [0, 0.1) is 13.8 Å². The lowest BCUT2D eigenvalue weighted by atomic mass is 9.91. The van der Waals surface area contributed by atoms with Crippen LogP contribution in [0.25, 0.3) is 0 Å². The first-order valence-corrected chi connectivity index (χ1v) is 20.7. The normalized spacial score (nSPS) is 23.0. The minimum absolute atomic E-state index is 0.364. The maximum atomic E-state index is 13.1. The minimum atomic E-state index is -3.48. The van der Waals surface area contributed by atoms with E-state index in [1.165, 1.54) is 22.5 Å². The van der Waals surface area contributed by atoms with E-state index in [0.29, 0.717) is 43.5 Å². The fourth-order valence-electron chi connectivity index (χ4n) is 8.47. The molecule has 4 atom stereocenters. The molecule has 0 spiro atoms. The Labute approximate surface area is 297 Å². The average Bonchev–Trinajstić information content (AvgIpc) is 3.32. The lowest BCUT2D eigenvalue weighted by Crippen LogP contribution is -2.30. The van der Waals surface area contributed by atoms with Gasteiger partial charge in [0.25, 0.3) is 0 Å². The van der Waals surface area contributed by atoms with Gasteiger partial charge in [0.15, 0.2) is 0 Å². The summed E-state index contributed by atoms with van der Waals surface area (Å²) in [5.74, 6) is 0.811. The monoisotopic (exact) mass is 712 g/mol. The number of sulfone groups is 2. The second-order valence-corrected chi connectivity index (χ2v) is 18.2. The molecule has 4 aromatic carbocycles. The lowest BCUT2D eigenvalue weighted by Gasteiger charge is -2.24. The van der Waals surface area contributed by atoms with E-state index in [2.05, 4.69) is 34.5 Å². The van der Waals surface area contributed by atoms with Crippen molar-refractivity contribution in [2.45, 2.75) is 83.0 Å². The van der Waals surface area contributed by atoms with Gasteiger partial charge in [-0.2, -0.15) is 0 Å². The molecule has 2 fully saturated rings. The van der Waals surface area contributed by atoms with E-state index >= 15 is 0 Å². The third-order valence-electron chi connectivity index (χ3n) is 11.2. The van der Waals surface area contributed by atoms with Gasteiger partial charge in [-0.15, -0.1) is 0 Å². The second kappa shape index (κ2) is 13.8.